The number of rotatable bonds is 9. The third kappa shape index (κ3) is 5.91. The molecule has 1 saturated heterocycles. The lowest BCUT2D eigenvalue weighted by Crippen LogP contribution is -2.40. The first-order valence-electron chi connectivity index (χ1n) is 11.7. The predicted octanol–water partition coefficient (Wildman–Crippen LogP) is 3.77. The van der Waals surface area contributed by atoms with Crippen molar-refractivity contribution < 1.29 is 22.4 Å². The Balaban J connectivity index is 1.51. The highest BCUT2D eigenvalue weighted by Gasteiger charge is 2.27. The Kier molecular flexibility index (Phi) is 7.69. The zero-order chi connectivity index (χ0) is 25.7. The van der Waals surface area contributed by atoms with Gasteiger partial charge in [0.25, 0.3) is 10.0 Å². The fourth-order valence-corrected chi connectivity index (χ4v) is 5.52. The third-order valence-corrected chi connectivity index (χ3v) is 7.93. The molecule has 0 atom stereocenters. The molecule has 1 N–H and O–H groups in total. The normalized spacial score (nSPS) is 13.6. The number of hydrogen-bond acceptors (Lipinski definition) is 4. The molecule has 0 spiro atoms. The number of carbonyl (C=O) groups is 2. The Bertz CT molecular complexity index is 1340. The number of sulfonamides is 1. The summed E-state index contributed by atoms with van der Waals surface area (Å²) in [6.07, 6.45) is 1.39. The van der Waals surface area contributed by atoms with Crippen molar-refractivity contribution in [2.75, 3.05) is 17.4 Å². The van der Waals surface area contributed by atoms with E-state index >= 15 is 0 Å². The molecule has 0 aromatic heterocycles. The molecule has 3 aromatic carbocycles. The van der Waals surface area contributed by atoms with Crippen LogP contribution in [0.15, 0.2) is 77.7 Å². The zero-order valence-electron chi connectivity index (χ0n) is 20.0. The van der Waals surface area contributed by atoms with Crippen LogP contribution in [0.3, 0.4) is 0 Å². The molecule has 4 rings (SSSR count). The van der Waals surface area contributed by atoms with E-state index in [1.54, 1.807) is 29.2 Å². The van der Waals surface area contributed by atoms with Crippen molar-refractivity contribution in [2.24, 2.45) is 0 Å². The van der Waals surface area contributed by atoms with Crippen molar-refractivity contribution in [1.82, 2.24) is 10.2 Å². The zero-order valence-corrected chi connectivity index (χ0v) is 20.8. The largest absolute Gasteiger partial charge is 0.350 e. The number of halogens is 1. The second kappa shape index (κ2) is 10.9. The Labute approximate surface area is 210 Å². The van der Waals surface area contributed by atoms with Crippen molar-refractivity contribution in [3.63, 3.8) is 0 Å². The monoisotopic (exact) mass is 509 g/mol. The number of nitrogens with one attached hydrogen (secondary N) is 1. The van der Waals surface area contributed by atoms with Crippen LogP contribution in [0.4, 0.5) is 10.1 Å². The maximum atomic E-state index is 13.4. The first-order chi connectivity index (χ1) is 17.2. The summed E-state index contributed by atoms with van der Waals surface area (Å²) in [5, 5.41) is 2.81. The fraction of sp³-hybridized carbons (Fsp3) is 0.259. The maximum Gasteiger partial charge on any atom is 0.264 e. The molecule has 36 heavy (non-hydrogen) atoms. The van der Waals surface area contributed by atoms with Crippen LogP contribution in [0.2, 0.25) is 0 Å². The number of likely N-dealkylation sites (tertiary alicyclic amines) is 1. The van der Waals surface area contributed by atoms with Crippen LogP contribution in [0.5, 0.6) is 0 Å². The highest BCUT2D eigenvalue weighted by atomic mass is 32.2. The molecule has 7 nitrogen and oxygen atoms in total. The van der Waals surface area contributed by atoms with Crippen molar-refractivity contribution >= 4 is 27.5 Å². The minimum Gasteiger partial charge on any atom is -0.350 e. The van der Waals surface area contributed by atoms with Gasteiger partial charge in [-0.15, -0.1) is 0 Å². The van der Waals surface area contributed by atoms with Gasteiger partial charge in [-0.25, -0.2) is 12.8 Å². The lowest BCUT2D eigenvalue weighted by atomic mass is 10.1. The SMILES string of the molecule is Cc1ccc(N(CC(=O)NCc2ccccc2CN2CCCC2=O)S(=O)(=O)c2ccc(F)cc2)cc1. The topological polar surface area (TPSA) is 86.8 Å². The molecular weight excluding hydrogens is 481 g/mol. The van der Waals surface area contributed by atoms with E-state index < -0.39 is 28.3 Å². The molecule has 9 heteroatoms. The number of benzene rings is 3. The second-order valence-electron chi connectivity index (χ2n) is 8.77. The number of nitrogens with zero attached hydrogens (tertiary/aromatic N) is 2. The molecule has 0 aliphatic carbocycles. The average molecular weight is 510 g/mol. The summed E-state index contributed by atoms with van der Waals surface area (Å²) in [6.45, 7) is 2.80. The van der Waals surface area contributed by atoms with Crippen molar-refractivity contribution in [3.05, 3.63) is 95.3 Å². The number of aryl methyl sites for hydroxylation is 1. The molecule has 0 unspecified atom stereocenters. The molecule has 0 saturated carbocycles. The lowest BCUT2D eigenvalue weighted by Gasteiger charge is -2.24. The summed E-state index contributed by atoms with van der Waals surface area (Å²) in [5.74, 6) is -0.926. The van der Waals surface area contributed by atoms with E-state index in [2.05, 4.69) is 5.32 Å². The molecule has 0 radical (unpaired) electrons. The van der Waals surface area contributed by atoms with E-state index in [-0.39, 0.29) is 17.3 Å². The molecule has 3 aromatic rings. The molecule has 1 aliphatic heterocycles. The van der Waals surface area contributed by atoms with Crippen molar-refractivity contribution in [1.29, 1.82) is 0 Å². The van der Waals surface area contributed by atoms with E-state index in [1.807, 2.05) is 31.2 Å². The summed E-state index contributed by atoms with van der Waals surface area (Å²) in [6, 6.07) is 18.8. The Morgan fingerprint density at radius 1 is 1.00 bits per heavy atom. The molecular formula is C27H28FN3O4S. The van der Waals surface area contributed by atoms with Crippen LogP contribution in [0.1, 0.15) is 29.5 Å². The van der Waals surface area contributed by atoms with E-state index in [1.165, 1.54) is 12.1 Å². The summed E-state index contributed by atoms with van der Waals surface area (Å²) >= 11 is 0. The van der Waals surface area contributed by atoms with Gasteiger partial charge in [0.2, 0.25) is 11.8 Å². The van der Waals surface area contributed by atoms with Crippen LogP contribution in [0.25, 0.3) is 0 Å². The van der Waals surface area contributed by atoms with Crippen LogP contribution in [0, 0.1) is 12.7 Å². The van der Waals surface area contributed by atoms with Crippen molar-refractivity contribution in [3.8, 4) is 0 Å². The van der Waals surface area contributed by atoms with Gasteiger partial charge in [-0.1, -0.05) is 42.0 Å². The summed E-state index contributed by atoms with van der Waals surface area (Å²) in [7, 11) is -4.13. The minimum atomic E-state index is -4.13. The molecule has 1 heterocycles. The summed E-state index contributed by atoms with van der Waals surface area (Å²) in [4.78, 5) is 26.7. The lowest BCUT2D eigenvalue weighted by molar-refractivity contribution is -0.128. The second-order valence-corrected chi connectivity index (χ2v) is 10.6. The maximum absolute atomic E-state index is 13.4. The van der Waals surface area contributed by atoms with Gasteiger partial charge in [0.15, 0.2) is 0 Å². The van der Waals surface area contributed by atoms with Gasteiger partial charge in [-0.3, -0.25) is 13.9 Å². The van der Waals surface area contributed by atoms with Crippen LogP contribution in [-0.4, -0.2) is 38.2 Å². The van der Waals surface area contributed by atoms with Crippen molar-refractivity contribution in [2.45, 2.75) is 37.8 Å². The van der Waals surface area contributed by atoms with Gasteiger partial charge in [-0.05, 0) is 60.9 Å². The first-order valence-corrected chi connectivity index (χ1v) is 13.1. The van der Waals surface area contributed by atoms with Gasteiger partial charge in [0.1, 0.15) is 12.4 Å². The summed E-state index contributed by atoms with van der Waals surface area (Å²) in [5.41, 5.74) is 3.06. The Morgan fingerprint density at radius 2 is 1.67 bits per heavy atom. The van der Waals surface area contributed by atoms with E-state index in [0.29, 0.717) is 25.2 Å². The first kappa shape index (κ1) is 25.4. The Morgan fingerprint density at radius 3 is 2.31 bits per heavy atom. The van der Waals surface area contributed by atoms with Gasteiger partial charge in [-0.2, -0.15) is 0 Å². The fourth-order valence-electron chi connectivity index (χ4n) is 4.10. The van der Waals surface area contributed by atoms with E-state index in [4.69, 9.17) is 0 Å². The number of hydrogen-bond donors (Lipinski definition) is 1. The molecule has 2 amide bonds. The number of amides is 2. The van der Waals surface area contributed by atoms with Crippen LogP contribution in [-0.2, 0) is 32.7 Å². The van der Waals surface area contributed by atoms with Gasteiger partial charge in [0.05, 0.1) is 10.6 Å². The quantitative estimate of drug-likeness (QED) is 0.476. The standard InChI is InChI=1S/C27H28FN3O4S/c1-20-8-12-24(13-9-20)31(36(34,35)25-14-10-23(28)11-15-25)19-26(32)29-17-21-5-2-3-6-22(21)18-30-16-4-7-27(30)33/h2-3,5-6,8-15H,4,7,16-19H2,1H3,(H,29,32). The number of carbonyl (C=O) groups excluding carboxylic acids is 2. The highest BCUT2D eigenvalue weighted by Crippen LogP contribution is 2.24. The molecule has 188 valence electrons. The van der Waals surface area contributed by atoms with Gasteiger partial charge in [0, 0.05) is 26.1 Å². The molecule has 1 aliphatic rings. The van der Waals surface area contributed by atoms with Gasteiger partial charge >= 0.3 is 0 Å². The Hall–Kier alpha value is -3.72. The smallest absolute Gasteiger partial charge is 0.264 e. The molecule has 1 fully saturated rings. The minimum absolute atomic E-state index is 0.113. The number of anilines is 1. The van der Waals surface area contributed by atoms with Crippen LogP contribution >= 0.6 is 0 Å². The third-order valence-electron chi connectivity index (χ3n) is 6.14. The average Bonchev–Trinajstić information content (AvgIpc) is 3.27. The van der Waals surface area contributed by atoms with E-state index in [0.717, 1.165) is 39.5 Å². The van der Waals surface area contributed by atoms with Crippen LogP contribution < -0.4 is 9.62 Å². The van der Waals surface area contributed by atoms with Gasteiger partial charge < -0.3 is 10.2 Å². The summed E-state index contributed by atoms with van der Waals surface area (Å²) < 4.78 is 41.2. The van der Waals surface area contributed by atoms with E-state index in [9.17, 15) is 22.4 Å². The predicted molar refractivity (Wildman–Crippen MR) is 135 cm³/mol. The highest BCUT2D eigenvalue weighted by molar-refractivity contribution is 7.92. The molecule has 0 bridgehead atoms.